The number of methoxy groups -OCH3 is 1. The van der Waals surface area contributed by atoms with E-state index >= 15 is 0 Å². The molecule has 30 heavy (non-hydrogen) atoms. The maximum Gasteiger partial charge on any atom is 0.283 e. The number of benzene rings is 1. The molecular weight excluding hydrogens is 426 g/mol. The summed E-state index contributed by atoms with van der Waals surface area (Å²) < 4.78 is 15.8. The molecule has 0 saturated heterocycles. The third-order valence-corrected chi connectivity index (χ3v) is 5.83. The third-order valence-electron chi connectivity index (χ3n) is 4.57. The van der Waals surface area contributed by atoms with E-state index in [-0.39, 0.29) is 11.6 Å². The zero-order valence-electron chi connectivity index (χ0n) is 16.5. The summed E-state index contributed by atoms with van der Waals surface area (Å²) in [6, 6.07) is 8.68. The van der Waals surface area contributed by atoms with E-state index < -0.39 is 0 Å². The molecule has 0 aliphatic carbocycles. The molecule has 0 spiro atoms. The minimum atomic E-state index is -0.270. The number of nitrogens with zero attached hydrogens (tertiary/aromatic N) is 3. The number of hydrogen-bond donors (Lipinski definition) is 0. The number of halogens is 1. The van der Waals surface area contributed by atoms with Crippen LogP contribution in [0.5, 0.6) is 5.75 Å². The normalized spacial score (nSPS) is 15.2. The first kappa shape index (κ1) is 20.3. The Morgan fingerprint density at radius 3 is 2.77 bits per heavy atom. The number of ether oxygens (including phenoxy) is 1. The van der Waals surface area contributed by atoms with E-state index in [1.165, 1.54) is 16.7 Å². The van der Waals surface area contributed by atoms with Crippen molar-refractivity contribution in [3.8, 4) is 5.75 Å². The molecule has 1 aliphatic heterocycles. The zero-order valence-corrected chi connectivity index (χ0v) is 18.1. The van der Waals surface area contributed by atoms with Crippen molar-refractivity contribution in [3.05, 3.63) is 70.1 Å². The number of furan rings is 1. The van der Waals surface area contributed by atoms with Crippen molar-refractivity contribution in [2.45, 2.75) is 19.6 Å². The molecule has 1 aromatic carbocycles. The molecule has 7 nitrogen and oxygen atoms in total. The number of rotatable bonds is 5. The van der Waals surface area contributed by atoms with Crippen LogP contribution >= 0.6 is 23.4 Å². The molecule has 154 valence electrons. The molecule has 2 aromatic heterocycles. The number of anilines is 1. The van der Waals surface area contributed by atoms with Crippen LogP contribution < -0.4 is 9.64 Å². The summed E-state index contributed by atoms with van der Waals surface area (Å²) in [5.74, 6) is 2.11. The van der Waals surface area contributed by atoms with Gasteiger partial charge < -0.3 is 13.7 Å². The first-order valence-corrected chi connectivity index (χ1v) is 10.4. The van der Waals surface area contributed by atoms with E-state index in [0.717, 1.165) is 17.0 Å². The molecule has 0 N–H and O–H groups in total. The predicted molar refractivity (Wildman–Crippen MR) is 117 cm³/mol. The van der Waals surface area contributed by atoms with Gasteiger partial charge in [0.15, 0.2) is 5.17 Å². The molecule has 3 heterocycles. The first-order valence-electron chi connectivity index (χ1n) is 9.04. The van der Waals surface area contributed by atoms with E-state index in [2.05, 4.69) is 10.1 Å². The molecule has 0 fully saturated rings. The fourth-order valence-corrected chi connectivity index (χ4v) is 4.39. The maximum atomic E-state index is 13.2. The van der Waals surface area contributed by atoms with Crippen LogP contribution in [0.4, 0.5) is 5.69 Å². The quantitative estimate of drug-likeness (QED) is 0.502. The molecule has 0 unspecified atom stereocenters. The van der Waals surface area contributed by atoms with Crippen LogP contribution in [-0.2, 0) is 10.5 Å². The summed E-state index contributed by atoms with van der Waals surface area (Å²) in [6.45, 7) is 3.75. The van der Waals surface area contributed by atoms with Gasteiger partial charge in [0.25, 0.3) is 5.91 Å². The molecule has 0 radical (unpaired) electrons. The average molecular weight is 444 g/mol. The molecular formula is C21H18ClN3O4S. The Bertz CT molecular complexity index is 1130. The molecule has 1 aliphatic rings. The summed E-state index contributed by atoms with van der Waals surface area (Å²) >= 11 is 7.71. The lowest BCUT2D eigenvalue weighted by molar-refractivity contribution is -0.113. The Hall–Kier alpha value is -2.97. The van der Waals surface area contributed by atoms with Gasteiger partial charge in [-0.1, -0.05) is 28.5 Å². The summed E-state index contributed by atoms with van der Waals surface area (Å²) in [4.78, 5) is 19.3. The Morgan fingerprint density at radius 1 is 1.30 bits per heavy atom. The van der Waals surface area contributed by atoms with Crippen molar-refractivity contribution in [1.29, 1.82) is 0 Å². The summed E-state index contributed by atoms with van der Waals surface area (Å²) in [7, 11) is 1.54. The lowest BCUT2D eigenvalue weighted by Gasteiger charge is -2.18. The lowest BCUT2D eigenvalue weighted by atomic mass is 10.2. The van der Waals surface area contributed by atoms with Crippen LogP contribution in [0.2, 0.25) is 5.02 Å². The third kappa shape index (κ3) is 3.88. The van der Waals surface area contributed by atoms with Gasteiger partial charge in [-0.05, 0) is 44.2 Å². The molecule has 0 bridgehead atoms. The SMILES string of the molecule is COc1ccc(N2C(=O)C(=Cc3ccco3)N=C2SCc2c(C)noc2C)cc1Cl. The number of aromatic nitrogens is 1. The van der Waals surface area contributed by atoms with Gasteiger partial charge in [0.05, 0.1) is 29.8 Å². The van der Waals surface area contributed by atoms with Crippen LogP contribution in [0.1, 0.15) is 22.8 Å². The number of carbonyl (C=O) groups is 1. The van der Waals surface area contributed by atoms with Crippen molar-refractivity contribution in [2.75, 3.05) is 12.0 Å². The van der Waals surface area contributed by atoms with Gasteiger partial charge in [-0.3, -0.25) is 9.69 Å². The highest BCUT2D eigenvalue weighted by Gasteiger charge is 2.33. The lowest BCUT2D eigenvalue weighted by Crippen LogP contribution is -2.30. The minimum Gasteiger partial charge on any atom is -0.495 e. The van der Waals surface area contributed by atoms with Gasteiger partial charge >= 0.3 is 0 Å². The van der Waals surface area contributed by atoms with E-state index in [0.29, 0.717) is 33.1 Å². The predicted octanol–water partition coefficient (Wildman–Crippen LogP) is 5.22. The highest BCUT2D eigenvalue weighted by molar-refractivity contribution is 8.13. The highest BCUT2D eigenvalue weighted by atomic mass is 35.5. The molecule has 0 saturated carbocycles. The van der Waals surface area contributed by atoms with Gasteiger partial charge in [0.1, 0.15) is 23.0 Å². The van der Waals surface area contributed by atoms with E-state index in [4.69, 9.17) is 25.3 Å². The monoisotopic (exact) mass is 443 g/mol. The van der Waals surface area contributed by atoms with E-state index in [1.807, 2.05) is 13.8 Å². The maximum absolute atomic E-state index is 13.2. The molecule has 3 aromatic rings. The number of amides is 1. The van der Waals surface area contributed by atoms with Crippen LogP contribution in [0, 0.1) is 13.8 Å². The Labute approximate surface area is 182 Å². The highest BCUT2D eigenvalue weighted by Crippen LogP contribution is 2.35. The van der Waals surface area contributed by atoms with Crippen molar-refractivity contribution in [1.82, 2.24) is 5.16 Å². The average Bonchev–Trinajstić information content (AvgIpc) is 3.42. The number of carbonyl (C=O) groups excluding carboxylic acids is 1. The Balaban J connectivity index is 1.69. The van der Waals surface area contributed by atoms with Gasteiger partial charge in [-0.2, -0.15) is 0 Å². The van der Waals surface area contributed by atoms with Gasteiger partial charge in [0, 0.05) is 17.4 Å². The second-order valence-corrected chi connectivity index (χ2v) is 7.84. The number of thioether (sulfide) groups is 1. The van der Waals surface area contributed by atoms with Crippen LogP contribution in [-0.4, -0.2) is 23.3 Å². The van der Waals surface area contributed by atoms with Crippen molar-refractivity contribution >= 4 is 46.2 Å². The molecule has 9 heteroatoms. The molecule has 4 rings (SSSR count). The van der Waals surface area contributed by atoms with Crippen LogP contribution in [0.15, 0.2) is 56.2 Å². The van der Waals surface area contributed by atoms with Gasteiger partial charge in [-0.25, -0.2) is 4.99 Å². The molecule has 1 amide bonds. The number of hydrogen-bond acceptors (Lipinski definition) is 7. The van der Waals surface area contributed by atoms with Crippen LogP contribution in [0.3, 0.4) is 0 Å². The summed E-state index contributed by atoms with van der Waals surface area (Å²) in [5.41, 5.74) is 2.67. The zero-order chi connectivity index (χ0) is 21.3. The summed E-state index contributed by atoms with van der Waals surface area (Å²) in [5, 5.41) is 4.92. The number of amidine groups is 1. The largest absolute Gasteiger partial charge is 0.495 e. The van der Waals surface area contributed by atoms with Gasteiger partial charge in [0.2, 0.25) is 0 Å². The van der Waals surface area contributed by atoms with E-state index in [1.54, 1.807) is 49.8 Å². The number of aliphatic imine (C=N–C) groups is 1. The smallest absolute Gasteiger partial charge is 0.283 e. The second kappa shape index (κ2) is 8.41. The number of aryl methyl sites for hydroxylation is 2. The standard InChI is InChI=1S/C21H18ClN3O4S/c1-12-16(13(2)29-24-12)11-30-21-23-18(10-15-5-4-8-28-15)20(26)25(21)14-6-7-19(27-3)17(22)9-14/h4-10H,11H2,1-3H3. The van der Waals surface area contributed by atoms with Crippen molar-refractivity contribution < 1.29 is 18.5 Å². The van der Waals surface area contributed by atoms with E-state index in [9.17, 15) is 4.79 Å². The molecule has 0 atom stereocenters. The minimum absolute atomic E-state index is 0.270. The van der Waals surface area contributed by atoms with Crippen molar-refractivity contribution in [3.63, 3.8) is 0 Å². The van der Waals surface area contributed by atoms with Crippen molar-refractivity contribution in [2.24, 2.45) is 4.99 Å². The first-order chi connectivity index (χ1) is 14.5. The van der Waals surface area contributed by atoms with Gasteiger partial charge in [-0.15, -0.1) is 0 Å². The topological polar surface area (TPSA) is 81.1 Å². The van der Waals surface area contributed by atoms with Crippen LogP contribution in [0.25, 0.3) is 6.08 Å². The Morgan fingerprint density at radius 2 is 2.13 bits per heavy atom. The summed E-state index contributed by atoms with van der Waals surface area (Å²) in [6.07, 6.45) is 3.16. The fourth-order valence-electron chi connectivity index (χ4n) is 2.97. The fraction of sp³-hybridized carbons (Fsp3) is 0.190. The second-order valence-electron chi connectivity index (χ2n) is 6.49. The Kier molecular flexibility index (Phi) is 5.69.